The molecule has 0 aliphatic carbocycles. The average Bonchev–Trinajstić information content (AvgIpc) is 3.13. The highest BCUT2D eigenvalue weighted by atomic mass is 16.5. The zero-order chi connectivity index (χ0) is 24.4. The molecule has 35 heavy (non-hydrogen) atoms. The highest BCUT2D eigenvalue weighted by Gasteiger charge is 2.39. The van der Waals surface area contributed by atoms with Crippen LogP contribution in [0.25, 0.3) is 16.3 Å². The van der Waals surface area contributed by atoms with E-state index in [0.29, 0.717) is 22.6 Å². The molecule has 2 amide bonds. The highest BCUT2D eigenvalue weighted by Crippen LogP contribution is 2.35. The number of rotatable bonds is 7. The summed E-state index contributed by atoms with van der Waals surface area (Å²) < 4.78 is 10.7. The van der Waals surface area contributed by atoms with Crippen LogP contribution < -0.4 is 14.8 Å². The predicted octanol–water partition coefficient (Wildman–Crippen LogP) is 5.25. The standard InChI is InChI=1S/C29H24N2O4/c1-34-22-16-14-20(15-17-22)26-27(30-24-12-7-10-19-8-3-5-11-23(19)24)29(33)31(28(26)32)18-21-9-4-6-13-25(21)35-2/h3-17,30H,18H2,1-2H3. The fraction of sp³-hybridized carbons (Fsp3) is 0.103. The van der Waals surface area contributed by atoms with E-state index >= 15 is 0 Å². The average molecular weight is 465 g/mol. The Labute approximate surface area is 203 Å². The maximum absolute atomic E-state index is 13.7. The Balaban J connectivity index is 1.59. The van der Waals surface area contributed by atoms with Crippen molar-refractivity contribution in [2.24, 2.45) is 0 Å². The second kappa shape index (κ2) is 9.35. The lowest BCUT2D eigenvalue weighted by Gasteiger charge is -2.17. The van der Waals surface area contributed by atoms with Crippen LogP contribution >= 0.6 is 0 Å². The SMILES string of the molecule is COc1ccc(C2=C(Nc3cccc4ccccc34)C(=O)N(Cc3ccccc3OC)C2=O)cc1. The first-order valence-corrected chi connectivity index (χ1v) is 11.2. The number of hydrogen-bond acceptors (Lipinski definition) is 5. The smallest absolute Gasteiger partial charge is 0.278 e. The van der Waals surface area contributed by atoms with Gasteiger partial charge < -0.3 is 14.8 Å². The van der Waals surface area contributed by atoms with E-state index in [0.717, 1.165) is 22.0 Å². The number of anilines is 1. The summed E-state index contributed by atoms with van der Waals surface area (Å²) in [4.78, 5) is 28.6. The van der Waals surface area contributed by atoms with Gasteiger partial charge in [0.25, 0.3) is 11.8 Å². The largest absolute Gasteiger partial charge is 0.497 e. The summed E-state index contributed by atoms with van der Waals surface area (Å²) in [5.41, 5.74) is 2.70. The summed E-state index contributed by atoms with van der Waals surface area (Å²) in [6, 6.07) is 28.2. The lowest BCUT2D eigenvalue weighted by Crippen LogP contribution is -2.32. The number of benzene rings is 4. The third-order valence-electron chi connectivity index (χ3n) is 6.12. The minimum atomic E-state index is -0.389. The van der Waals surface area contributed by atoms with Gasteiger partial charge in [-0.05, 0) is 35.2 Å². The van der Waals surface area contributed by atoms with Gasteiger partial charge in [0.05, 0.1) is 26.3 Å². The van der Waals surface area contributed by atoms with E-state index in [-0.39, 0.29) is 24.1 Å². The van der Waals surface area contributed by atoms with E-state index in [4.69, 9.17) is 9.47 Å². The topological polar surface area (TPSA) is 67.9 Å². The van der Waals surface area contributed by atoms with Crippen molar-refractivity contribution in [3.8, 4) is 11.5 Å². The number of carbonyl (C=O) groups excluding carboxylic acids is 2. The molecule has 0 aromatic heterocycles. The Morgan fingerprint density at radius 2 is 1.46 bits per heavy atom. The van der Waals surface area contributed by atoms with E-state index in [9.17, 15) is 9.59 Å². The molecular formula is C29H24N2O4. The van der Waals surface area contributed by atoms with Crippen LogP contribution in [0.3, 0.4) is 0 Å². The zero-order valence-corrected chi connectivity index (χ0v) is 19.4. The first kappa shape index (κ1) is 22.2. The minimum absolute atomic E-state index is 0.0993. The van der Waals surface area contributed by atoms with Gasteiger partial charge in [0.15, 0.2) is 0 Å². The van der Waals surface area contributed by atoms with Gasteiger partial charge in [0.2, 0.25) is 0 Å². The van der Waals surface area contributed by atoms with E-state index in [1.165, 1.54) is 4.90 Å². The molecule has 4 aromatic rings. The van der Waals surface area contributed by atoms with Gasteiger partial charge in [-0.15, -0.1) is 0 Å². The number of imide groups is 1. The van der Waals surface area contributed by atoms with Crippen LogP contribution in [0.15, 0.2) is 96.7 Å². The van der Waals surface area contributed by atoms with Crippen LogP contribution in [-0.2, 0) is 16.1 Å². The zero-order valence-electron chi connectivity index (χ0n) is 19.4. The molecule has 0 radical (unpaired) electrons. The van der Waals surface area contributed by atoms with Crippen LogP contribution in [0.4, 0.5) is 5.69 Å². The first-order valence-electron chi connectivity index (χ1n) is 11.2. The number of carbonyl (C=O) groups is 2. The fourth-order valence-corrected chi connectivity index (χ4v) is 4.33. The number of hydrogen-bond donors (Lipinski definition) is 1. The molecule has 4 aromatic carbocycles. The Hall–Kier alpha value is -4.58. The number of fused-ring (bicyclic) bond motifs is 1. The lowest BCUT2D eigenvalue weighted by atomic mass is 10.0. The summed E-state index contributed by atoms with van der Waals surface area (Å²) in [6.45, 7) is 0.0993. The number of nitrogens with one attached hydrogen (secondary N) is 1. The van der Waals surface area contributed by atoms with Crippen molar-refractivity contribution < 1.29 is 19.1 Å². The predicted molar refractivity (Wildman–Crippen MR) is 136 cm³/mol. The number of nitrogens with zero attached hydrogens (tertiary/aromatic N) is 1. The van der Waals surface area contributed by atoms with Crippen molar-refractivity contribution in [3.63, 3.8) is 0 Å². The highest BCUT2D eigenvalue weighted by molar-refractivity contribution is 6.36. The molecule has 0 fully saturated rings. The van der Waals surface area contributed by atoms with E-state index in [1.54, 1.807) is 38.5 Å². The van der Waals surface area contributed by atoms with E-state index in [2.05, 4.69) is 5.32 Å². The van der Waals surface area contributed by atoms with E-state index in [1.807, 2.05) is 66.7 Å². The molecule has 1 aliphatic rings. The molecule has 0 saturated carbocycles. The number of amides is 2. The molecule has 174 valence electrons. The molecule has 5 rings (SSSR count). The Kier molecular flexibility index (Phi) is 5.94. The third-order valence-corrected chi connectivity index (χ3v) is 6.12. The molecule has 1 heterocycles. The van der Waals surface area contributed by atoms with Crippen LogP contribution in [-0.4, -0.2) is 30.9 Å². The van der Waals surface area contributed by atoms with E-state index < -0.39 is 0 Å². The van der Waals surface area contributed by atoms with Crippen molar-refractivity contribution in [3.05, 3.63) is 108 Å². The van der Waals surface area contributed by atoms with Gasteiger partial charge in [-0.1, -0.05) is 66.7 Å². The number of methoxy groups -OCH3 is 2. The maximum Gasteiger partial charge on any atom is 0.278 e. The van der Waals surface area contributed by atoms with Crippen molar-refractivity contribution in [2.75, 3.05) is 19.5 Å². The number of para-hydroxylation sites is 1. The summed E-state index contributed by atoms with van der Waals surface area (Å²) in [5, 5.41) is 5.28. The van der Waals surface area contributed by atoms with Gasteiger partial charge >= 0.3 is 0 Å². The second-order valence-corrected chi connectivity index (χ2v) is 8.14. The van der Waals surface area contributed by atoms with Gasteiger partial charge in [0.1, 0.15) is 17.2 Å². The quantitative estimate of drug-likeness (QED) is 0.379. The minimum Gasteiger partial charge on any atom is -0.497 e. The monoisotopic (exact) mass is 464 g/mol. The molecule has 0 saturated heterocycles. The van der Waals surface area contributed by atoms with Crippen LogP contribution in [0, 0.1) is 0 Å². The van der Waals surface area contributed by atoms with Gasteiger partial charge in [-0.2, -0.15) is 0 Å². The van der Waals surface area contributed by atoms with Gasteiger partial charge in [-0.3, -0.25) is 14.5 Å². The molecule has 0 bridgehead atoms. The third kappa shape index (κ3) is 4.10. The molecule has 0 spiro atoms. The first-order chi connectivity index (χ1) is 17.1. The normalized spacial score (nSPS) is 13.5. The molecule has 6 nitrogen and oxygen atoms in total. The summed E-state index contributed by atoms with van der Waals surface area (Å²) >= 11 is 0. The fourth-order valence-electron chi connectivity index (χ4n) is 4.33. The van der Waals surface area contributed by atoms with Crippen LogP contribution in [0.5, 0.6) is 11.5 Å². The molecule has 0 unspecified atom stereocenters. The summed E-state index contributed by atoms with van der Waals surface area (Å²) in [6.07, 6.45) is 0. The number of ether oxygens (including phenoxy) is 2. The van der Waals surface area contributed by atoms with Crippen molar-refractivity contribution >= 4 is 33.8 Å². The summed E-state index contributed by atoms with van der Waals surface area (Å²) in [7, 11) is 3.15. The van der Waals surface area contributed by atoms with Crippen LogP contribution in [0.2, 0.25) is 0 Å². The Bertz CT molecular complexity index is 1450. The van der Waals surface area contributed by atoms with Crippen molar-refractivity contribution in [2.45, 2.75) is 6.54 Å². The molecule has 6 heteroatoms. The Morgan fingerprint density at radius 3 is 2.23 bits per heavy atom. The van der Waals surface area contributed by atoms with Crippen molar-refractivity contribution in [1.29, 1.82) is 0 Å². The molecular weight excluding hydrogens is 440 g/mol. The second-order valence-electron chi connectivity index (χ2n) is 8.14. The summed E-state index contributed by atoms with van der Waals surface area (Å²) in [5.74, 6) is 0.531. The van der Waals surface area contributed by atoms with Crippen LogP contribution in [0.1, 0.15) is 11.1 Å². The Morgan fingerprint density at radius 1 is 0.743 bits per heavy atom. The van der Waals surface area contributed by atoms with Gasteiger partial charge in [0, 0.05) is 16.6 Å². The molecule has 1 aliphatic heterocycles. The van der Waals surface area contributed by atoms with Gasteiger partial charge in [-0.25, -0.2) is 0 Å². The lowest BCUT2D eigenvalue weighted by molar-refractivity contribution is -0.137. The molecule has 0 atom stereocenters. The maximum atomic E-state index is 13.7. The van der Waals surface area contributed by atoms with Crippen molar-refractivity contribution in [1.82, 2.24) is 4.90 Å². The molecule has 1 N–H and O–H groups in total.